The molecule has 4 heteroatoms. The first-order chi connectivity index (χ1) is 7.16. The Hall–Kier alpha value is -1.06. The van der Waals surface area contributed by atoms with Crippen LogP contribution in [0.5, 0.6) is 0 Å². The molecule has 1 saturated heterocycles. The number of halogens is 1. The van der Waals surface area contributed by atoms with Crippen LogP contribution in [-0.4, -0.2) is 17.1 Å². The highest BCUT2D eigenvalue weighted by molar-refractivity contribution is 6.30. The third-order valence-corrected chi connectivity index (χ3v) is 2.97. The Balaban J connectivity index is 2.07. The molecule has 0 saturated carbocycles. The number of nitrogens with one attached hydrogen (secondary N) is 1. The molecule has 0 radical (unpaired) electrons. The van der Waals surface area contributed by atoms with Gasteiger partial charge < -0.3 is 5.11 Å². The summed E-state index contributed by atoms with van der Waals surface area (Å²) in [5.41, 5.74) is 1.10. The number of rotatable bonds is 2. The van der Waals surface area contributed by atoms with Gasteiger partial charge in [0.2, 0.25) is 0 Å². The van der Waals surface area contributed by atoms with Crippen LogP contribution >= 0.6 is 11.6 Å². The van der Waals surface area contributed by atoms with E-state index in [1.165, 1.54) is 0 Å². The van der Waals surface area contributed by atoms with Crippen LogP contribution in [0.15, 0.2) is 24.3 Å². The first-order valence-corrected chi connectivity index (χ1v) is 5.29. The molecule has 1 heterocycles. The standard InChI is InChI=1S/C11H12ClNO2/c12-8-3-1-7(2-4-8)9-5-6-10(13-9)11(14)15/h1-4,9-10,13H,5-6H2,(H,14,15)/t9-,10+/m1/s1. The van der Waals surface area contributed by atoms with E-state index in [4.69, 9.17) is 16.7 Å². The summed E-state index contributed by atoms with van der Waals surface area (Å²) in [7, 11) is 0. The van der Waals surface area contributed by atoms with E-state index < -0.39 is 12.0 Å². The van der Waals surface area contributed by atoms with Gasteiger partial charge in [0, 0.05) is 11.1 Å². The highest BCUT2D eigenvalue weighted by Gasteiger charge is 2.29. The second kappa shape index (κ2) is 4.21. The van der Waals surface area contributed by atoms with Gasteiger partial charge in [-0.1, -0.05) is 23.7 Å². The fourth-order valence-corrected chi connectivity index (χ4v) is 2.02. The molecule has 1 aromatic carbocycles. The minimum atomic E-state index is -0.772. The maximum atomic E-state index is 10.7. The van der Waals surface area contributed by atoms with E-state index in [-0.39, 0.29) is 6.04 Å². The molecule has 2 N–H and O–H groups in total. The van der Waals surface area contributed by atoms with Crippen LogP contribution in [0, 0.1) is 0 Å². The molecule has 0 bridgehead atoms. The molecule has 0 aromatic heterocycles. The van der Waals surface area contributed by atoms with Crippen LogP contribution in [0.1, 0.15) is 24.4 Å². The normalized spacial score (nSPS) is 25.4. The summed E-state index contributed by atoms with van der Waals surface area (Å²) in [6.45, 7) is 0. The van der Waals surface area contributed by atoms with Crippen molar-refractivity contribution in [2.45, 2.75) is 24.9 Å². The molecule has 2 atom stereocenters. The summed E-state index contributed by atoms with van der Waals surface area (Å²) in [6, 6.07) is 7.25. The average Bonchev–Trinajstić information content (AvgIpc) is 2.68. The molecule has 80 valence electrons. The molecule has 1 aromatic rings. The summed E-state index contributed by atoms with van der Waals surface area (Å²) in [5.74, 6) is -0.772. The Morgan fingerprint density at radius 3 is 2.53 bits per heavy atom. The quantitative estimate of drug-likeness (QED) is 0.812. The monoisotopic (exact) mass is 225 g/mol. The second-order valence-corrected chi connectivity index (χ2v) is 4.18. The molecule has 0 spiro atoms. The van der Waals surface area contributed by atoms with E-state index >= 15 is 0 Å². The lowest BCUT2D eigenvalue weighted by Gasteiger charge is -2.12. The predicted molar refractivity (Wildman–Crippen MR) is 58.0 cm³/mol. The van der Waals surface area contributed by atoms with Gasteiger partial charge in [0.1, 0.15) is 6.04 Å². The third-order valence-electron chi connectivity index (χ3n) is 2.72. The molecule has 3 nitrogen and oxygen atoms in total. The summed E-state index contributed by atoms with van der Waals surface area (Å²) in [4.78, 5) is 10.7. The Bertz CT molecular complexity index is 363. The lowest BCUT2D eigenvalue weighted by atomic mass is 10.1. The van der Waals surface area contributed by atoms with Crippen molar-refractivity contribution < 1.29 is 9.90 Å². The lowest BCUT2D eigenvalue weighted by molar-refractivity contribution is -0.139. The minimum absolute atomic E-state index is 0.142. The van der Waals surface area contributed by atoms with Gasteiger partial charge in [0.05, 0.1) is 0 Å². The maximum Gasteiger partial charge on any atom is 0.320 e. The minimum Gasteiger partial charge on any atom is -0.480 e. The highest BCUT2D eigenvalue weighted by Crippen LogP contribution is 2.27. The van der Waals surface area contributed by atoms with Gasteiger partial charge in [0.25, 0.3) is 0 Å². The molecule has 1 aliphatic heterocycles. The molecule has 1 fully saturated rings. The van der Waals surface area contributed by atoms with Gasteiger partial charge in [-0.25, -0.2) is 0 Å². The van der Waals surface area contributed by atoms with Gasteiger partial charge in [0.15, 0.2) is 0 Å². The average molecular weight is 226 g/mol. The molecule has 15 heavy (non-hydrogen) atoms. The topological polar surface area (TPSA) is 49.3 Å². The van der Waals surface area contributed by atoms with E-state index in [0.717, 1.165) is 12.0 Å². The summed E-state index contributed by atoms with van der Waals surface area (Å²) >= 11 is 5.78. The van der Waals surface area contributed by atoms with E-state index in [9.17, 15) is 4.79 Å². The molecular weight excluding hydrogens is 214 g/mol. The van der Waals surface area contributed by atoms with Crippen molar-refractivity contribution in [2.24, 2.45) is 0 Å². The van der Waals surface area contributed by atoms with E-state index in [2.05, 4.69) is 5.32 Å². The maximum absolute atomic E-state index is 10.7. The van der Waals surface area contributed by atoms with E-state index in [1.54, 1.807) is 0 Å². The van der Waals surface area contributed by atoms with Crippen LogP contribution in [0.25, 0.3) is 0 Å². The zero-order valence-corrected chi connectivity index (χ0v) is 8.87. The predicted octanol–water partition coefficient (Wildman–Crippen LogP) is 2.22. The number of benzene rings is 1. The second-order valence-electron chi connectivity index (χ2n) is 3.74. The van der Waals surface area contributed by atoms with Gasteiger partial charge in [-0.05, 0) is 30.5 Å². The largest absolute Gasteiger partial charge is 0.480 e. The molecule has 1 aliphatic rings. The van der Waals surface area contributed by atoms with Crippen molar-refractivity contribution in [2.75, 3.05) is 0 Å². The third kappa shape index (κ3) is 2.30. The highest BCUT2D eigenvalue weighted by atomic mass is 35.5. The SMILES string of the molecule is O=C(O)[C@@H]1CC[C@H](c2ccc(Cl)cc2)N1. The fourth-order valence-electron chi connectivity index (χ4n) is 1.90. The van der Waals surface area contributed by atoms with Gasteiger partial charge >= 0.3 is 5.97 Å². The first-order valence-electron chi connectivity index (χ1n) is 4.91. The summed E-state index contributed by atoms with van der Waals surface area (Å²) in [6.07, 6.45) is 1.54. The number of hydrogen-bond acceptors (Lipinski definition) is 2. The Morgan fingerprint density at radius 1 is 1.33 bits per heavy atom. The Labute approximate surface area is 93.1 Å². The number of carboxylic acids is 1. The number of hydrogen-bond donors (Lipinski definition) is 2. The summed E-state index contributed by atoms with van der Waals surface area (Å²) in [5, 5.41) is 12.6. The zero-order valence-electron chi connectivity index (χ0n) is 8.11. The smallest absolute Gasteiger partial charge is 0.320 e. The van der Waals surface area contributed by atoms with Crippen LogP contribution in [0.4, 0.5) is 0 Å². The Morgan fingerprint density at radius 2 is 2.00 bits per heavy atom. The molecule has 0 unspecified atom stereocenters. The van der Waals surface area contributed by atoms with Gasteiger partial charge in [-0.15, -0.1) is 0 Å². The Kier molecular flexibility index (Phi) is 2.93. The van der Waals surface area contributed by atoms with E-state index in [1.807, 2.05) is 24.3 Å². The lowest BCUT2D eigenvalue weighted by Crippen LogP contribution is -2.31. The van der Waals surface area contributed by atoms with Crippen molar-refractivity contribution in [3.05, 3.63) is 34.9 Å². The van der Waals surface area contributed by atoms with Crippen LogP contribution in [0.2, 0.25) is 5.02 Å². The number of carbonyl (C=O) groups is 1. The van der Waals surface area contributed by atoms with Crippen molar-refractivity contribution in [1.29, 1.82) is 0 Å². The van der Waals surface area contributed by atoms with Crippen LogP contribution in [-0.2, 0) is 4.79 Å². The fraction of sp³-hybridized carbons (Fsp3) is 0.364. The molecule has 0 amide bonds. The number of carboxylic acid groups (broad SMARTS) is 1. The first kappa shape index (κ1) is 10.5. The van der Waals surface area contributed by atoms with E-state index in [0.29, 0.717) is 11.4 Å². The van der Waals surface area contributed by atoms with Crippen molar-refractivity contribution >= 4 is 17.6 Å². The molecule has 0 aliphatic carbocycles. The van der Waals surface area contributed by atoms with Crippen LogP contribution < -0.4 is 5.32 Å². The van der Waals surface area contributed by atoms with Crippen molar-refractivity contribution in [3.63, 3.8) is 0 Å². The number of aliphatic carboxylic acids is 1. The van der Waals surface area contributed by atoms with Crippen molar-refractivity contribution in [3.8, 4) is 0 Å². The van der Waals surface area contributed by atoms with Crippen LogP contribution in [0.3, 0.4) is 0 Å². The van der Waals surface area contributed by atoms with Gasteiger partial charge in [-0.2, -0.15) is 0 Å². The zero-order chi connectivity index (χ0) is 10.8. The molecule has 2 rings (SSSR count). The van der Waals surface area contributed by atoms with Crippen molar-refractivity contribution in [1.82, 2.24) is 5.32 Å². The summed E-state index contributed by atoms with van der Waals surface area (Å²) < 4.78 is 0. The van der Waals surface area contributed by atoms with Gasteiger partial charge in [-0.3, -0.25) is 10.1 Å². The molecular formula is C11H12ClNO2.